The first-order valence-electron chi connectivity index (χ1n) is 12.0. The van der Waals surface area contributed by atoms with Crippen LogP contribution in [0.15, 0.2) is 30.6 Å². The van der Waals surface area contributed by atoms with Crippen molar-refractivity contribution < 1.29 is 23.1 Å². The van der Waals surface area contributed by atoms with Crippen LogP contribution in [0.3, 0.4) is 0 Å². The lowest BCUT2D eigenvalue weighted by Crippen LogP contribution is -2.46. The van der Waals surface area contributed by atoms with Crippen molar-refractivity contribution >= 4 is 17.3 Å². The van der Waals surface area contributed by atoms with E-state index in [1.807, 2.05) is 31.0 Å². The smallest absolute Gasteiger partial charge is 0.396 e. The zero-order valence-corrected chi connectivity index (χ0v) is 20.2. The van der Waals surface area contributed by atoms with Crippen molar-refractivity contribution in [1.82, 2.24) is 25.0 Å². The van der Waals surface area contributed by atoms with E-state index in [0.717, 1.165) is 48.6 Å². The maximum atomic E-state index is 12.7. The number of halogens is 3. The molecule has 2 aliphatic rings. The molecule has 0 aromatic carbocycles. The average Bonchev–Trinajstić information content (AvgIpc) is 3.33. The first-order chi connectivity index (χ1) is 16.8. The largest absolute Gasteiger partial charge is 0.417 e. The van der Waals surface area contributed by atoms with Crippen LogP contribution in [0, 0.1) is 0 Å². The monoisotopic (exact) mass is 494 g/mol. The zero-order valence-electron chi connectivity index (χ0n) is 20.2. The van der Waals surface area contributed by atoms with E-state index in [2.05, 4.69) is 20.1 Å². The third-order valence-electron chi connectivity index (χ3n) is 6.09. The van der Waals surface area contributed by atoms with E-state index in [-0.39, 0.29) is 18.9 Å². The summed E-state index contributed by atoms with van der Waals surface area (Å²) in [6.45, 7) is 8.58. The Kier molecular flexibility index (Phi) is 9.27. The number of nitrogens with one attached hydrogen (secondary N) is 1. The number of hydrogen-bond donors (Lipinski definition) is 2. The molecule has 0 aliphatic carbocycles. The summed E-state index contributed by atoms with van der Waals surface area (Å²) >= 11 is 0. The average molecular weight is 495 g/mol. The molecule has 4 rings (SSSR count). The molecule has 1 amide bonds. The van der Waals surface area contributed by atoms with Gasteiger partial charge in [-0.2, -0.15) is 18.3 Å². The standard InChI is InChI=1S/C22H27F3N6O2.C2H6/c23-22(24,25)18-1-2-19(26-14-18)30-10-8-29(9-11-30)15-17-13-27-28-21(17)16-3-6-31(7-4-16)20(33)5-12-32;1-2/h1-3,13-14,32H,4-12,15H2,(H,27,28);1-2H3. The van der Waals surface area contributed by atoms with Gasteiger partial charge in [-0.05, 0) is 24.1 Å². The van der Waals surface area contributed by atoms with Crippen molar-refractivity contribution in [3.8, 4) is 0 Å². The molecule has 35 heavy (non-hydrogen) atoms. The molecule has 2 aromatic rings. The van der Waals surface area contributed by atoms with Gasteiger partial charge < -0.3 is 14.9 Å². The van der Waals surface area contributed by atoms with E-state index < -0.39 is 11.7 Å². The van der Waals surface area contributed by atoms with Crippen molar-refractivity contribution in [3.63, 3.8) is 0 Å². The Morgan fingerprint density at radius 3 is 2.43 bits per heavy atom. The van der Waals surface area contributed by atoms with Gasteiger partial charge in [-0.3, -0.25) is 14.8 Å². The number of aromatic amines is 1. The third-order valence-corrected chi connectivity index (χ3v) is 6.09. The second-order valence-electron chi connectivity index (χ2n) is 8.23. The van der Waals surface area contributed by atoms with Gasteiger partial charge in [-0.15, -0.1) is 0 Å². The molecule has 0 radical (unpaired) electrons. The molecule has 2 aromatic heterocycles. The lowest BCUT2D eigenvalue weighted by molar-refractivity contribution is -0.137. The number of aliphatic hydroxyl groups excluding tert-OH is 1. The molecular formula is C24H33F3N6O2. The number of anilines is 1. The van der Waals surface area contributed by atoms with E-state index in [1.54, 1.807) is 4.90 Å². The highest BCUT2D eigenvalue weighted by atomic mass is 19.4. The number of hydrogen-bond acceptors (Lipinski definition) is 6. The van der Waals surface area contributed by atoms with Gasteiger partial charge in [0, 0.05) is 64.0 Å². The number of H-pyrrole nitrogens is 1. The molecule has 1 fully saturated rings. The number of carbonyl (C=O) groups excluding carboxylic acids is 1. The molecule has 11 heteroatoms. The molecule has 8 nitrogen and oxygen atoms in total. The van der Waals surface area contributed by atoms with Crippen molar-refractivity contribution in [2.75, 3.05) is 50.8 Å². The van der Waals surface area contributed by atoms with Gasteiger partial charge in [0.2, 0.25) is 5.91 Å². The predicted octanol–water partition coefficient (Wildman–Crippen LogP) is 3.17. The minimum absolute atomic E-state index is 0.0435. The van der Waals surface area contributed by atoms with E-state index in [1.165, 1.54) is 6.07 Å². The highest BCUT2D eigenvalue weighted by molar-refractivity contribution is 5.78. The normalized spacial score (nSPS) is 17.0. The summed E-state index contributed by atoms with van der Waals surface area (Å²) < 4.78 is 38.2. The van der Waals surface area contributed by atoms with Gasteiger partial charge >= 0.3 is 6.18 Å². The highest BCUT2D eigenvalue weighted by Crippen LogP contribution is 2.30. The van der Waals surface area contributed by atoms with E-state index in [9.17, 15) is 18.0 Å². The number of aromatic nitrogens is 3. The van der Waals surface area contributed by atoms with Crippen LogP contribution in [0.2, 0.25) is 0 Å². The summed E-state index contributed by atoms with van der Waals surface area (Å²) in [5.41, 5.74) is 2.45. The first-order valence-corrected chi connectivity index (χ1v) is 12.0. The SMILES string of the molecule is CC.O=C(CCO)N1CC=C(c2[nH]ncc2CN2CCN(c3ccc(C(F)(F)F)cn3)CC2)CC1. The molecule has 0 unspecified atom stereocenters. The molecule has 2 N–H and O–H groups in total. The fourth-order valence-electron chi connectivity index (χ4n) is 4.20. The van der Waals surface area contributed by atoms with Crippen molar-refractivity contribution in [3.05, 3.63) is 47.4 Å². The van der Waals surface area contributed by atoms with Crippen LogP contribution in [-0.4, -0.2) is 81.9 Å². The van der Waals surface area contributed by atoms with Crippen molar-refractivity contribution in [2.45, 2.75) is 39.4 Å². The fourth-order valence-corrected chi connectivity index (χ4v) is 4.20. The van der Waals surface area contributed by atoms with Gasteiger partial charge in [0.05, 0.1) is 24.1 Å². The van der Waals surface area contributed by atoms with E-state index in [4.69, 9.17) is 5.11 Å². The molecule has 0 atom stereocenters. The van der Waals surface area contributed by atoms with Crippen LogP contribution in [0.4, 0.5) is 19.0 Å². The minimum atomic E-state index is -4.38. The van der Waals surface area contributed by atoms with Crippen molar-refractivity contribution in [2.24, 2.45) is 0 Å². The van der Waals surface area contributed by atoms with Crippen LogP contribution in [0.25, 0.3) is 5.57 Å². The molecule has 0 spiro atoms. The van der Waals surface area contributed by atoms with Gasteiger partial charge in [0.1, 0.15) is 5.82 Å². The Hall–Kier alpha value is -2.92. The number of amides is 1. The second kappa shape index (κ2) is 12.2. The van der Waals surface area contributed by atoms with Gasteiger partial charge in [0.25, 0.3) is 0 Å². The molecule has 0 saturated carbocycles. The number of alkyl halides is 3. The van der Waals surface area contributed by atoms with Crippen molar-refractivity contribution in [1.29, 1.82) is 0 Å². The summed E-state index contributed by atoms with van der Waals surface area (Å²) in [5, 5.41) is 16.3. The van der Waals surface area contributed by atoms with Gasteiger partial charge in [0.15, 0.2) is 0 Å². The van der Waals surface area contributed by atoms with E-state index in [0.29, 0.717) is 38.5 Å². The van der Waals surface area contributed by atoms with Gasteiger partial charge in [-0.1, -0.05) is 19.9 Å². The number of nitrogens with zero attached hydrogens (tertiary/aromatic N) is 5. The summed E-state index contributed by atoms with van der Waals surface area (Å²) in [6.07, 6.45) is 1.23. The topological polar surface area (TPSA) is 88.6 Å². The van der Waals surface area contributed by atoms with Crippen LogP contribution in [0.5, 0.6) is 0 Å². The first kappa shape index (κ1) is 26.7. The number of piperazine rings is 1. The second-order valence-corrected chi connectivity index (χ2v) is 8.23. The van der Waals surface area contributed by atoms with Crippen LogP contribution >= 0.6 is 0 Å². The fraction of sp³-hybridized carbons (Fsp3) is 0.542. The number of pyridine rings is 1. The Morgan fingerprint density at radius 2 is 1.86 bits per heavy atom. The molecule has 0 bridgehead atoms. The Balaban J connectivity index is 0.00000167. The summed E-state index contributed by atoms with van der Waals surface area (Å²) in [5.74, 6) is 0.511. The summed E-state index contributed by atoms with van der Waals surface area (Å²) in [7, 11) is 0. The van der Waals surface area contributed by atoms with Crippen LogP contribution in [0.1, 0.15) is 43.5 Å². The highest BCUT2D eigenvalue weighted by Gasteiger charge is 2.31. The molecule has 192 valence electrons. The molecule has 4 heterocycles. The number of carbonyl (C=O) groups is 1. The lowest BCUT2D eigenvalue weighted by Gasteiger charge is -2.35. The Morgan fingerprint density at radius 1 is 1.11 bits per heavy atom. The summed E-state index contributed by atoms with van der Waals surface area (Å²) in [6, 6.07) is 2.50. The maximum Gasteiger partial charge on any atom is 0.417 e. The Bertz CT molecular complexity index is 982. The lowest BCUT2D eigenvalue weighted by atomic mass is 10.0. The number of aliphatic hydroxyl groups is 1. The van der Waals surface area contributed by atoms with Crippen LogP contribution in [-0.2, 0) is 17.5 Å². The quantitative estimate of drug-likeness (QED) is 0.642. The summed E-state index contributed by atoms with van der Waals surface area (Å²) in [4.78, 5) is 22.0. The molecule has 1 saturated heterocycles. The molecule has 2 aliphatic heterocycles. The predicted molar refractivity (Wildman–Crippen MR) is 128 cm³/mol. The molecular weight excluding hydrogens is 461 g/mol. The third kappa shape index (κ3) is 6.82. The number of rotatable bonds is 6. The Labute approximate surface area is 203 Å². The van der Waals surface area contributed by atoms with Crippen LogP contribution < -0.4 is 4.90 Å². The zero-order chi connectivity index (χ0) is 25.4. The van der Waals surface area contributed by atoms with Gasteiger partial charge in [-0.25, -0.2) is 4.98 Å². The maximum absolute atomic E-state index is 12.7. The minimum Gasteiger partial charge on any atom is -0.396 e. The van der Waals surface area contributed by atoms with E-state index >= 15 is 0 Å².